The number of carbonyl (C=O) groups excluding carboxylic acids is 1. The first-order chi connectivity index (χ1) is 10.9. The van der Waals surface area contributed by atoms with Crippen LogP contribution in [0.3, 0.4) is 0 Å². The van der Waals surface area contributed by atoms with Crippen molar-refractivity contribution in [2.75, 3.05) is 0 Å². The summed E-state index contributed by atoms with van der Waals surface area (Å²) >= 11 is 0. The molecule has 0 radical (unpaired) electrons. The fourth-order valence-corrected chi connectivity index (χ4v) is 2.24. The molecule has 6 nitrogen and oxygen atoms in total. The molecule has 0 spiro atoms. The molecule has 0 fully saturated rings. The third-order valence-electron chi connectivity index (χ3n) is 3.58. The zero-order valence-corrected chi connectivity index (χ0v) is 12.9. The summed E-state index contributed by atoms with van der Waals surface area (Å²) in [4.78, 5) is 15.7. The first-order valence-electron chi connectivity index (χ1n) is 7.01. The number of hydrogen-bond donors (Lipinski definition) is 1. The molecule has 2 aromatic rings. The number of nitriles is 1. The van der Waals surface area contributed by atoms with E-state index in [1.54, 1.807) is 18.2 Å². The second-order valence-corrected chi connectivity index (χ2v) is 5.64. The molecule has 0 aliphatic carbocycles. The summed E-state index contributed by atoms with van der Waals surface area (Å²) in [5, 5.41) is 23.1. The molecule has 0 aliphatic heterocycles. The van der Waals surface area contributed by atoms with Crippen molar-refractivity contribution < 1.29 is 9.90 Å². The fourth-order valence-electron chi connectivity index (χ4n) is 2.24. The van der Waals surface area contributed by atoms with Crippen LogP contribution >= 0.6 is 0 Å². The fraction of sp³-hybridized carbons (Fsp3) is 0.294. The van der Waals surface area contributed by atoms with E-state index in [9.17, 15) is 9.90 Å². The van der Waals surface area contributed by atoms with Gasteiger partial charge < -0.3 is 5.11 Å². The normalized spacial score (nSPS) is 12.9. The van der Waals surface area contributed by atoms with Crippen molar-refractivity contribution in [1.29, 1.82) is 5.26 Å². The Bertz CT molecular complexity index is 822. The molecule has 23 heavy (non-hydrogen) atoms. The Morgan fingerprint density at radius 2 is 2.30 bits per heavy atom. The highest BCUT2D eigenvalue weighted by molar-refractivity contribution is 5.88. The van der Waals surface area contributed by atoms with Crippen molar-refractivity contribution >= 4 is 11.5 Å². The van der Waals surface area contributed by atoms with Crippen LogP contribution in [0.25, 0.3) is 4.85 Å². The first-order valence-corrected chi connectivity index (χ1v) is 7.01. The molecule has 0 saturated carbocycles. The van der Waals surface area contributed by atoms with E-state index < -0.39 is 5.60 Å². The van der Waals surface area contributed by atoms with Gasteiger partial charge in [0.15, 0.2) is 11.5 Å². The molecule has 0 aliphatic rings. The number of aliphatic hydroxyl groups is 1. The van der Waals surface area contributed by atoms with Crippen molar-refractivity contribution in [3.63, 3.8) is 0 Å². The summed E-state index contributed by atoms with van der Waals surface area (Å²) in [7, 11) is 0. The molecule has 1 heterocycles. The summed E-state index contributed by atoms with van der Waals surface area (Å²) in [5.74, 6) is -0.346. The lowest BCUT2D eigenvalue weighted by atomic mass is 9.94. The van der Waals surface area contributed by atoms with Crippen LogP contribution < -0.4 is 0 Å². The van der Waals surface area contributed by atoms with Gasteiger partial charge in [-0.3, -0.25) is 9.48 Å². The molecule has 0 saturated heterocycles. The Labute approximate surface area is 134 Å². The van der Waals surface area contributed by atoms with Crippen LogP contribution in [0.4, 0.5) is 5.69 Å². The van der Waals surface area contributed by atoms with Crippen LogP contribution in [0.2, 0.25) is 0 Å². The van der Waals surface area contributed by atoms with Gasteiger partial charge in [-0.1, -0.05) is 18.2 Å². The predicted molar refractivity (Wildman–Crippen MR) is 83.7 cm³/mol. The van der Waals surface area contributed by atoms with Crippen LogP contribution in [0, 0.1) is 24.8 Å². The van der Waals surface area contributed by atoms with Gasteiger partial charge in [0.05, 0.1) is 24.9 Å². The van der Waals surface area contributed by atoms with Gasteiger partial charge in [0, 0.05) is 12.6 Å². The van der Waals surface area contributed by atoms with Crippen molar-refractivity contribution in [2.24, 2.45) is 0 Å². The van der Waals surface area contributed by atoms with E-state index in [-0.39, 0.29) is 18.7 Å². The minimum absolute atomic E-state index is 0.0212. The number of Topliss-reactive ketones (excluding diaryl/α,β-unsaturated/α-hetero) is 1. The van der Waals surface area contributed by atoms with Gasteiger partial charge in [-0.15, -0.1) is 0 Å². The van der Waals surface area contributed by atoms with Gasteiger partial charge in [-0.2, -0.15) is 10.4 Å². The summed E-state index contributed by atoms with van der Waals surface area (Å²) in [6.07, 6.45) is 2.93. The third-order valence-corrected chi connectivity index (χ3v) is 3.58. The molecule has 6 heteroatoms. The Morgan fingerprint density at radius 1 is 1.57 bits per heavy atom. The average Bonchev–Trinajstić information content (AvgIpc) is 2.94. The monoisotopic (exact) mass is 308 g/mol. The zero-order valence-electron chi connectivity index (χ0n) is 12.9. The molecular formula is C17H16N4O2. The summed E-state index contributed by atoms with van der Waals surface area (Å²) in [5.41, 5.74) is 0.881. The van der Waals surface area contributed by atoms with Gasteiger partial charge >= 0.3 is 0 Å². The van der Waals surface area contributed by atoms with E-state index in [4.69, 9.17) is 11.8 Å². The second-order valence-electron chi connectivity index (χ2n) is 5.64. The summed E-state index contributed by atoms with van der Waals surface area (Å²) in [6, 6.07) is 7.12. The molecule has 0 bridgehead atoms. The highest BCUT2D eigenvalue weighted by Crippen LogP contribution is 2.21. The van der Waals surface area contributed by atoms with Crippen molar-refractivity contribution in [2.45, 2.75) is 32.4 Å². The van der Waals surface area contributed by atoms with Crippen LogP contribution in [0.15, 0.2) is 30.6 Å². The molecule has 0 amide bonds. The van der Waals surface area contributed by atoms with Gasteiger partial charge in [0.2, 0.25) is 0 Å². The first kappa shape index (κ1) is 16.4. The number of benzene rings is 1. The lowest BCUT2D eigenvalue weighted by Gasteiger charge is -2.22. The number of carbonyl (C=O) groups is 1. The Morgan fingerprint density at radius 3 is 2.87 bits per heavy atom. The molecule has 116 valence electrons. The van der Waals surface area contributed by atoms with E-state index in [1.807, 2.05) is 13.0 Å². The Kier molecular flexibility index (Phi) is 4.59. The number of rotatable bonds is 5. The van der Waals surface area contributed by atoms with E-state index in [0.29, 0.717) is 11.3 Å². The van der Waals surface area contributed by atoms with Crippen molar-refractivity contribution in [1.82, 2.24) is 9.78 Å². The van der Waals surface area contributed by atoms with Crippen LogP contribution in [-0.4, -0.2) is 26.3 Å². The number of ketones is 1. The van der Waals surface area contributed by atoms with Gasteiger partial charge in [-0.25, -0.2) is 4.85 Å². The zero-order chi connectivity index (χ0) is 17.0. The molecule has 2 rings (SSSR count). The Hall–Kier alpha value is -2.96. The minimum atomic E-state index is -1.59. The van der Waals surface area contributed by atoms with Gasteiger partial charge in [0.1, 0.15) is 11.7 Å². The number of aromatic nitrogens is 2. The minimum Gasteiger partial charge on any atom is -0.380 e. The molecule has 1 aromatic heterocycles. The maximum atomic E-state index is 12.4. The topological polar surface area (TPSA) is 83.3 Å². The standard InChI is InChI=1S/C17H16N4O2/c1-12-6-13(4-5-15(12)19-3)7-16(22)17(2,23)11-21-10-14(8-18)9-20-21/h4-6,9-10,23H,7,11H2,1-2H3/t17-/m0/s1. The number of aryl methyl sites for hydroxylation is 1. The number of hydrogen-bond acceptors (Lipinski definition) is 4. The smallest absolute Gasteiger partial charge is 0.190 e. The lowest BCUT2D eigenvalue weighted by molar-refractivity contribution is -0.136. The van der Waals surface area contributed by atoms with E-state index in [1.165, 1.54) is 24.0 Å². The third kappa shape index (κ3) is 3.82. The van der Waals surface area contributed by atoms with Crippen LogP contribution in [0.1, 0.15) is 23.6 Å². The van der Waals surface area contributed by atoms with Crippen LogP contribution in [0.5, 0.6) is 0 Å². The maximum Gasteiger partial charge on any atom is 0.190 e. The van der Waals surface area contributed by atoms with Crippen LogP contribution in [-0.2, 0) is 17.8 Å². The lowest BCUT2D eigenvalue weighted by Crippen LogP contribution is -2.40. The molecule has 0 unspecified atom stereocenters. The molecule has 1 N–H and O–H groups in total. The second kappa shape index (κ2) is 6.43. The average molecular weight is 308 g/mol. The molecular weight excluding hydrogens is 292 g/mol. The highest BCUT2D eigenvalue weighted by Gasteiger charge is 2.30. The predicted octanol–water partition coefficient (Wildman–Crippen LogP) is 2.18. The van der Waals surface area contributed by atoms with Gasteiger partial charge in [-0.05, 0) is 25.0 Å². The maximum absolute atomic E-state index is 12.4. The van der Waals surface area contributed by atoms with Gasteiger partial charge in [0.25, 0.3) is 0 Å². The molecule has 1 aromatic carbocycles. The summed E-state index contributed by atoms with van der Waals surface area (Å²) in [6.45, 7) is 10.2. The van der Waals surface area contributed by atoms with E-state index in [2.05, 4.69) is 9.94 Å². The summed E-state index contributed by atoms with van der Waals surface area (Å²) < 4.78 is 1.38. The Balaban J connectivity index is 2.11. The number of nitrogens with zero attached hydrogens (tertiary/aromatic N) is 4. The molecule has 1 atom stereocenters. The quantitative estimate of drug-likeness (QED) is 0.858. The SMILES string of the molecule is [C-]#[N+]c1ccc(CC(=O)[C@@](C)(O)Cn2cc(C#N)cn2)cc1C. The van der Waals surface area contributed by atoms with E-state index in [0.717, 1.165) is 11.1 Å². The van der Waals surface area contributed by atoms with Crippen molar-refractivity contribution in [3.8, 4) is 6.07 Å². The van der Waals surface area contributed by atoms with E-state index >= 15 is 0 Å². The largest absolute Gasteiger partial charge is 0.380 e. The highest BCUT2D eigenvalue weighted by atomic mass is 16.3. The van der Waals surface area contributed by atoms with Crippen molar-refractivity contribution in [3.05, 3.63) is 58.7 Å².